The summed E-state index contributed by atoms with van der Waals surface area (Å²) in [6.07, 6.45) is 4.23. The first kappa shape index (κ1) is 19.4. The van der Waals surface area contributed by atoms with Crippen LogP contribution in [0.5, 0.6) is 11.5 Å². The molecule has 2 aromatic carbocycles. The van der Waals surface area contributed by atoms with Gasteiger partial charge in [0.05, 0.1) is 5.41 Å². The van der Waals surface area contributed by atoms with Crippen molar-refractivity contribution in [2.75, 3.05) is 13.1 Å². The molecule has 0 amide bonds. The van der Waals surface area contributed by atoms with Crippen molar-refractivity contribution in [1.29, 1.82) is 0 Å². The van der Waals surface area contributed by atoms with Crippen LogP contribution in [0.2, 0.25) is 0 Å². The topological polar surface area (TPSA) is 47.7 Å². The summed E-state index contributed by atoms with van der Waals surface area (Å²) in [4.78, 5) is 2.48. The zero-order valence-electron chi connectivity index (χ0n) is 18.4. The lowest BCUT2D eigenvalue weighted by molar-refractivity contribution is -0.105. The van der Waals surface area contributed by atoms with Crippen molar-refractivity contribution >= 4 is 0 Å². The summed E-state index contributed by atoms with van der Waals surface area (Å²) in [5, 5.41) is 0. The van der Waals surface area contributed by atoms with Gasteiger partial charge in [-0.05, 0) is 61.1 Å². The number of likely N-dealkylation sites (tertiary alicyclic amines) is 1. The zero-order valence-corrected chi connectivity index (χ0v) is 18.4. The van der Waals surface area contributed by atoms with Gasteiger partial charge in [-0.15, -0.1) is 0 Å². The molecule has 2 N–H and O–H groups in total. The first-order valence-electron chi connectivity index (χ1n) is 12.3. The molecule has 1 unspecified atom stereocenters. The first-order valence-corrected chi connectivity index (χ1v) is 12.3. The number of piperidine rings is 1. The minimum Gasteiger partial charge on any atom is -0.485 e. The molecule has 6 atom stereocenters. The van der Waals surface area contributed by atoms with Crippen molar-refractivity contribution in [3.05, 3.63) is 59.2 Å². The van der Waals surface area contributed by atoms with Crippen LogP contribution in [-0.2, 0) is 18.4 Å². The van der Waals surface area contributed by atoms with E-state index in [-0.39, 0.29) is 18.1 Å². The zero-order chi connectivity index (χ0) is 21.4. The Bertz CT molecular complexity index is 1040. The van der Waals surface area contributed by atoms with Gasteiger partial charge in [-0.2, -0.15) is 0 Å². The van der Waals surface area contributed by atoms with Gasteiger partial charge in [-0.3, -0.25) is 4.90 Å². The van der Waals surface area contributed by atoms with Gasteiger partial charge in [0.2, 0.25) is 0 Å². The molecular weight excluding hydrogens is 403 g/mol. The third kappa shape index (κ3) is 2.61. The Hall–Kier alpha value is -2.11. The van der Waals surface area contributed by atoms with Crippen molar-refractivity contribution in [2.24, 2.45) is 17.6 Å². The average molecular weight is 435 g/mol. The molecule has 0 aromatic heterocycles. The number of hydrogen-bond acceptors (Lipinski definition) is 4. The summed E-state index contributed by atoms with van der Waals surface area (Å²) in [6, 6.07) is 14.6. The van der Waals surface area contributed by atoms with Gasteiger partial charge in [0.1, 0.15) is 18.9 Å². The molecule has 3 fully saturated rings. The number of halogens is 1. The highest BCUT2D eigenvalue weighted by molar-refractivity contribution is 5.62. The van der Waals surface area contributed by atoms with E-state index in [1.54, 1.807) is 0 Å². The molecule has 3 aliphatic carbocycles. The fourth-order valence-electron chi connectivity index (χ4n) is 7.35. The number of ether oxygens (including phenoxy) is 2. The third-order valence-corrected chi connectivity index (χ3v) is 8.87. The van der Waals surface area contributed by atoms with Gasteiger partial charge in [0.15, 0.2) is 11.5 Å². The molecule has 2 heterocycles. The SMILES string of the molecule is N[C@@H]1CCC2[C@H]3Cc4ccc(OCc5ccccc5)c5c4[C@]2([C@@H](F)CN3CC2CC2)[C@H]1O5. The lowest BCUT2D eigenvalue weighted by Crippen LogP contribution is -2.72. The van der Waals surface area contributed by atoms with Crippen LogP contribution in [0.1, 0.15) is 42.4 Å². The van der Waals surface area contributed by atoms with Crippen LogP contribution in [0, 0.1) is 11.8 Å². The molecule has 0 radical (unpaired) electrons. The van der Waals surface area contributed by atoms with Gasteiger partial charge in [0, 0.05) is 30.7 Å². The van der Waals surface area contributed by atoms with Gasteiger partial charge >= 0.3 is 0 Å². The molecule has 1 spiro atoms. The molecule has 7 rings (SSSR count). The van der Waals surface area contributed by atoms with Crippen LogP contribution in [0.15, 0.2) is 42.5 Å². The smallest absolute Gasteiger partial charge is 0.166 e. The van der Waals surface area contributed by atoms with Crippen LogP contribution in [-0.4, -0.2) is 42.3 Å². The molecule has 5 aliphatic rings. The van der Waals surface area contributed by atoms with Gasteiger partial charge in [-0.1, -0.05) is 36.4 Å². The van der Waals surface area contributed by atoms with E-state index in [1.165, 1.54) is 18.4 Å². The fourth-order valence-corrected chi connectivity index (χ4v) is 7.35. The molecule has 1 saturated heterocycles. The van der Waals surface area contributed by atoms with Crippen molar-refractivity contribution in [3.63, 3.8) is 0 Å². The van der Waals surface area contributed by atoms with Crippen LogP contribution in [0.4, 0.5) is 4.39 Å². The lowest BCUT2D eigenvalue weighted by atomic mass is 9.50. The molecule has 5 heteroatoms. The fraction of sp³-hybridized carbons (Fsp3) is 0.556. The van der Waals surface area contributed by atoms with E-state index in [4.69, 9.17) is 15.2 Å². The number of hydrogen-bond donors (Lipinski definition) is 1. The summed E-state index contributed by atoms with van der Waals surface area (Å²) in [5.74, 6) is 2.53. The quantitative estimate of drug-likeness (QED) is 0.773. The monoisotopic (exact) mass is 434 g/mol. The van der Waals surface area contributed by atoms with Crippen LogP contribution >= 0.6 is 0 Å². The number of alkyl halides is 1. The Labute approximate surface area is 188 Å². The average Bonchev–Trinajstić information content (AvgIpc) is 3.55. The van der Waals surface area contributed by atoms with E-state index in [0.29, 0.717) is 19.2 Å². The minimum absolute atomic E-state index is 0.138. The maximum atomic E-state index is 16.4. The van der Waals surface area contributed by atoms with Gasteiger partial charge in [-0.25, -0.2) is 4.39 Å². The molecular formula is C27H31FN2O2. The van der Waals surface area contributed by atoms with E-state index in [2.05, 4.69) is 23.1 Å². The third-order valence-electron chi connectivity index (χ3n) is 8.87. The molecule has 4 nitrogen and oxygen atoms in total. The Morgan fingerprint density at radius 2 is 1.94 bits per heavy atom. The second-order valence-electron chi connectivity index (χ2n) is 10.7. The van der Waals surface area contributed by atoms with Crippen molar-refractivity contribution < 1.29 is 13.9 Å². The van der Waals surface area contributed by atoms with E-state index in [0.717, 1.165) is 54.4 Å². The van der Waals surface area contributed by atoms with E-state index < -0.39 is 11.6 Å². The molecule has 2 saturated carbocycles. The summed E-state index contributed by atoms with van der Waals surface area (Å²) in [6.45, 7) is 2.04. The lowest BCUT2D eigenvalue weighted by Gasteiger charge is -2.60. The van der Waals surface area contributed by atoms with Gasteiger partial charge in [0.25, 0.3) is 0 Å². The van der Waals surface area contributed by atoms with Crippen LogP contribution in [0.25, 0.3) is 0 Å². The molecule has 168 valence electrons. The number of benzene rings is 2. The standard InChI is InChI=1S/C27H31FN2O2/c28-23-14-30(13-16-6-7-16)21-12-18-8-11-22(31-15-17-4-2-1-3-5-17)25-24(18)27(23)19(21)9-10-20(29)26(27)32-25/h1-5,8,11,16,19-21,23,26H,6-7,9-10,12-15,29H2/t19?,20-,21-,23+,26+,27+/m1/s1. The maximum absolute atomic E-state index is 16.4. The highest BCUT2D eigenvalue weighted by Gasteiger charge is 2.69. The molecule has 32 heavy (non-hydrogen) atoms. The van der Waals surface area contributed by atoms with E-state index in [9.17, 15) is 0 Å². The van der Waals surface area contributed by atoms with Crippen LogP contribution < -0.4 is 15.2 Å². The number of nitrogens with two attached hydrogens (primary N) is 1. The predicted octanol–water partition coefficient (Wildman–Crippen LogP) is 3.99. The van der Waals surface area contributed by atoms with E-state index >= 15 is 4.39 Å². The van der Waals surface area contributed by atoms with Gasteiger partial charge < -0.3 is 15.2 Å². The summed E-state index contributed by atoms with van der Waals surface area (Å²) in [5.41, 5.74) is 9.45. The highest BCUT2D eigenvalue weighted by Crippen LogP contribution is 2.64. The Balaban J connectivity index is 1.31. The first-order chi connectivity index (χ1) is 15.7. The Morgan fingerprint density at radius 1 is 1.09 bits per heavy atom. The number of nitrogens with zero attached hydrogens (tertiary/aromatic N) is 1. The van der Waals surface area contributed by atoms with Crippen molar-refractivity contribution in [2.45, 2.75) is 68.5 Å². The summed E-state index contributed by atoms with van der Waals surface area (Å²) >= 11 is 0. The highest BCUT2D eigenvalue weighted by atomic mass is 19.1. The summed E-state index contributed by atoms with van der Waals surface area (Å²) in [7, 11) is 0. The van der Waals surface area contributed by atoms with Crippen molar-refractivity contribution in [3.8, 4) is 11.5 Å². The Morgan fingerprint density at radius 3 is 2.75 bits per heavy atom. The molecule has 2 aliphatic heterocycles. The maximum Gasteiger partial charge on any atom is 0.166 e. The second-order valence-corrected chi connectivity index (χ2v) is 10.7. The normalized spacial score (nSPS) is 37.0. The minimum atomic E-state index is -0.955. The molecule has 2 aromatic rings. The van der Waals surface area contributed by atoms with Crippen LogP contribution in [0.3, 0.4) is 0 Å². The largest absolute Gasteiger partial charge is 0.485 e. The van der Waals surface area contributed by atoms with E-state index in [1.807, 2.05) is 24.3 Å². The summed E-state index contributed by atoms with van der Waals surface area (Å²) < 4.78 is 29.2. The molecule has 2 bridgehead atoms. The second kappa shape index (κ2) is 6.94. The predicted molar refractivity (Wildman–Crippen MR) is 121 cm³/mol. The number of rotatable bonds is 5. The Kier molecular flexibility index (Phi) is 4.20. The van der Waals surface area contributed by atoms with Crippen molar-refractivity contribution in [1.82, 2.24) is 4.90 Å².